The summed E-state index contributed by atoms with van der Waals surface area (Å²) in [5.41, 5.74) is 0. The van der Waals surface area contributed by atoms with Gasteiger partial charge in [0.05, 0.1) is 14.4 Å². The second kappa shape index (κ2) is 31.5. The first kappa shape index (κ1) is 44.9. The van der Waals surface area contributed by atoms with Gasteiger partial charge in [-0.2, -0.15) is 0 Å². The molecule has 0 fully saturated rings. The first-order valence-corrected chi connectivity index (χ1v) is 12.7. The third kappa shape index (κ3) is 34.0. The molecule has 0 aromatic carbocycles. The molecule has 12 heteroatoms. The van der Waals surface area contributed by atoms with Crippen LogP contribution in [-0.2, 0) is 28.2 Å². The maximum absolute atomic E-state index is 12.0. The molecule has 0 spiro atoms. The molecule has 0 unspecified atom stereocenters. The van der Waals surface area contributed by atoms with Crippen molar-refractivity contribution in [1.82, 2.24) is 6.15 Å². The van der Waals surface area contributed by atoms with Crippen LogP contribution in [0.3, 0.4) is 0 Å². The Hall–Kier alpha value is -2.07. The van der Waals surface area contributed by atoms with Crippen LogP contribution in [0.4, 0.5) is 0 Å². The van der Waals surface area contributed by atoms with E-state index in [2.05, 4.69) is 88.4 Å². The van der Waals surface area contributed by atoms with E-state index in [4.69, 9.17) is 15.9 Å². The van der Waals surface area contributed by atoms with Gasteiger partial charge in [-0.05, 0) is 77.5 Å². The summed E-state index contributed by atoms with van der Waals surface area (Å²) in [4.78, 5) is 45.2. The van der Waals surface area contributed by atoms with Crippen molar-refractivity contribution in [2.45, 2.75) is 64.4 Å². The molecule has 3 N–H and O–H groups in total. The predicted molar refractivity (Wildman–Crippen MR) is 165 cm³/mol. The molecule has 0 aliphatic carbocycles. The van der Waals surface area contributed by atoms with Crippen LogP contribution in [0.15, 0.2) is 0 Å². The largest absolute Gasteiger partial charge is 1.00 e. The second-order valence-electron chi connectivity index (χ2n) is 6.97. The average molecular weight is 610 g/mol. The fourth-order valence-electron chi connectivity index (χ4n) is 2.37. The molecule has 9 nitrogen and oxygen atoms in total. The number of terminal acetylenes is 1. The topological polar surface area (TPSA) is 160 Å². The minimum Gasteiger partial charge on any atom is -0.790 e. The smallest absolute Gasteiger partial charge is 0.790 e. The number of unbranched alkanes of at least 4 members (excludes halogenated alkanes) is 6. The average Bonchev–Trinajstić information content (AvgIpc) is 2.85. The number of ether oxygens (including phenoxy) is 2. The number of esters is 2. The molecule has 0 aromatic heterocycles. The van der Waals surface area contributed by atoms with E-state index in [0.717, 1.165) is 32.1 Å². The third-order valence-electron chi connectivity index (χ3n) is 3.96. The summed E-state index contributed by atoms with van der Waals surface area (Å²) < 4.78 is 24.8. The summed E-state index contributed by atoms with van der Waals surface area (Å²) in [7, 11) is -5.31. The summed E-state index contributed by atoms with van der Waals surface area (Å²) >= 11 is 0. The molecule has 0 bridgehead atoms. The van der Waals surface area contributed by atoms with E-state index >= 15 is 0 Å². The molecule has 0 aliphatic heterocycles. The monoisotopic (exact) mass is 609 g/mol. The SMILES string of the molecule is C#CC#CC#CC#CC#CC#CC#CC(=O)OC[C@@H](COP(=O)([O-])[O-])OC(=O)CCCCCCCCC.N.[HH].[HH].[HH].[HH].[HH].[HH].[HH].[HH].[HH].[HH].[HH].[HH].[HH].[Na+].[Na+]. The van der Waals surface area contributed by atoms with Gasteiger partial charge in [0.1, 0.15) is 6.61 Å². The van der Waals surface area contributed by atoms with E-state index in [1.807, 2.05) is 0 Å². The van der Waals surface area contributed by atoms with Crippen LogP contribution in [0.25, 0.3) is 0 Å². The van der Waals surface area contributed by atoms with Crippen LogP contribution in [0.5, 0.6) is 0 Å². The van der Waals surface area contributed by atoms with Crippen molar-refractivity contribution in [3.63, 3.8) is 0 Å². The zero-order valence-corrected chi connectivity index (χ0v) is 28.0. The van der Waals surface area contributed by atoms with Crippen molar-refractivity contribution in [3.8, 4) is 83.4 Å². The van der Waals surface area contributed by atoms with Crippen molar-refractivity contribution in [1.29, 1.82) is 0 Å². The van der Waals surface area contributed by atoms with Gasteiger partial charge in [0.25, 0.3) is 0 Å². The van der Waals surface area contributed by atoms with Gasteiger partial charge in [0.2, 0.25) is 0 Å². The second-order valence-corrected chi connectivity index (χ2v) is 8.12. The van der Waals surface area contributed by atoms with Gasteiger partial charge in [-0.1, -0.05) is 45.4 Å². The normalized spacial score (nSPS) is 8.85. The number of hydrogen-bond donors (Lipinski definition) is 1. The quantitative estimate of drug-likeness (QED) is 0.0614. The van der Waals surface area contributed by atoms with Crippen LogP contribution in [0.2, 0.25) is 0 Å². The van der Waals surface area contributed by atoms with Gasteiger partial charge >= 0.3 is 71.1 Å². The molecule has 226 valence electrons. The minimum absolute atomic E-state index is 0. The van der Waals surface area contributed by atoms with Crippen LogP contribution in [-0.4, -0.2) is 31.3 Å². The Bertz CT molecular complexity index is 1280. The number of phosphoric acid groups is 1. The van der Waals surface area contributed by atoms with Crippen LogP contribution in [0.1, 0.15) is 76.8 Å². The van der Waals surface area contributed by atoms with E-state index < -0.39 is 39.1 Å². The molecule has 1 atom stereocenters. The van der Waals surface area contributed by atoms with Gasteiger partial charge in [0, 0.05) is 30.9 Å². The van der Waals surface area contributed by atoms with E-state index in [1.54, 1.807) is 0 Å². The molecule has 0 aliphatic rings. The maximum atomic E-state index is 12.0. The first-order valence-electron chi connectivity index (χ1n) is 11.3. The predicted octanol–water partition coefficient (Wildman–Crippen LogP) is -1.55. The molecule has 0 heterocycles. The first-order chi connectivity index (χ1) is 17.8. The Kier molecular flexibility index (Phi) is 35.3. The van der Waals surface area contributed by atoms with Gasteiger partial charge in [-0.25, -0.2) is 4.79 Å². The Morgan fingerprint density at radius 3 is 1.77 bits per heavy atom. The fraction of sp³-hybridized carbons (Fsp3) is 0.429. The van der Waals surface area contributed by atoms with E-state index in [1.165, 1.54) is 6.42 Å². The molecule has 0 saturated carbocycles. The fourth-order valence-corrected chi connectivity index (χ4v) is 2.72. The van der Waals surface area contributed by atoms with E-state index in [-0.39, 0.29) is 90.2 Å². The van der Waals surface area contributed by atoms with Crippen LogP contribution >= 0.6 is 7.82 Å². The molecule has 0 aromatic rings. The number of rotatable bonds is 14. The van der Waals surface area contributed by atoms with Crippen LogP contribution < -0.4 is 75.1 Å². The van der Waals surface area contributed by atoms with Crippen molar-refractivity contribution < 1.29 is 116 Å². The Morgan fingerprint density at radius 2 is 1.27 bits per heavy atom. The van der Waals surface area contributed by atoms with Crippen LogP contribution in [0, 0.1) is 83.4 Å². The van der Waals surface area contributed by atoms with Crippen molar-refractivity contribution in [3.05, 3.63) is 0 Å². The summed E-state index contributed by atoms with van der Waals surface area (Å²) in [6.07, 6.45) is 10.7. The molecule has 0 rings (SSSR count). The summed E-state index contributed by atoms with van der Waals surface area (Å²) in [5, 5.41) is 0. The zero-order chi connectivity index (χ0) is 27.6. The molecule has 0 amide bonds. The van der Waals surface area contributed by atoms with Crippen molar-refractivity contribution in [2.24, 2.45) is 0 Å². The number of carbonyl (C=O) groups is 2. The maximum Gasteiger partial charge on any atom is 1.00 e. The van der Waals surface area contributed by atoms with Crippen molar-refractivity contribution in [2.75, 3.05) is 13.2 Å². The summed E-state index contributed by atoms with van der Waals surface area (Å²) in [5.74, 6) is 28.3. The van der Waals surface area contributed by atoms with E-state index in [9.17, 15) is 23.9 Å². The molecular weight excluding hydrogens is 555 g/mol. The molecular formula is C28H54NNa2O8P. The number of phosphoric ester groups is 1. The Morgan fingerprint density at radius 1 is 0.800 bits per heavy atom. The van der Waals surface area contributed by atoms with Gasteiger partial charge in [-0.3, -0.25) is 4.79 Å². The number of carbonyl (C=O) groups excluding carboxylic acids is 2. The molecule has 0 radical (unpaired) electrons. The van der Waals surface area contributed by atoms with Gasteiger partial charge in [-0.15, -0.1) is 6.42 Å². The summed E-state index contributed by atoms with van der Waals surface area (Å²) in [6, 6.07) is 0. The summed E-state index contributed by atoms with van der Waals surface area (Å²) in [6.45, 7) is 0.776. The minimum atomic E-state index is -5.31. The van der Waals surface area contributed by atoms with Gasteiger partial charge in [0.15, 0.2) is 6.10 Å². The Labute approximate surface area is 301 Å². The third-order valence-corrected chi connectivity index (χ3v) is 4.43. The standard InChI is InChI=1S/C28H27O8P.H3N.2Na.13H2/c1-3-5-7-9-11-12-13-14-15-17-18-20-22-27(29)34-24-26(25-35-37(31,32)33)36-28(30)23-21-19-16-10-8-6-4-2;;;;;;;;;;;;;;;;/h1,26H,4,6,8,10,16,19,21,23-25H2,2H3,(H2,31,32,33);1H3;;;13*1H/q;;2*+1;;;;;;;;;;;;;/p-2/t26-;;;;;;;;;;;;;;;;/m0................/s1. The van der Waals surface area contributed by atoms with E-state index in [0.29, 0.717) is 6.42 Å². The molecule has 0 saturated heterocycles. The Balaban J connectivity index is -0.0000000540. The van der Waals surface area contributed by atoms with Crippen molar-refractivity contribution >= 4 is 19.8 Å². The zero-order valence-electron chi connectivity index (χ0n) is 23.1. The molecule has 40 heavy (non-hydrogen) atoms. The van der Waals surface area contributed by atoms with Gasteiger partial charge < -0.3 is 34.5 Å². The number of hydrogen-bond acceptors (Lipinski definition) is 9.